The van der Waals surface area contributed by atoms with Crippen LogP contribution in [0.1, 0.15) is 28.4 Å². The number of anilines is 1. The van der Waals surface area contributed by atoms with Gasteiger partial charge in [0.2, 0.25) is 5.91 Å². The number of ether oxygens (including phenoxy) is 1. The summed E-state index contributed by atoms with van der Waals surface area (Å²) in [7, 11) is 1.53. The molecule has 0 radical (unpaired) electrons. The van der Waals surface area contributed by atoms with E-state index in [1.165, 1.54) is 14.0 Å². The highest BCUT2D eigenvalue weighted by molar-refractivity contribution is 6.31. The number of amides is 2. The van der Waals surface area contributed by atoms with Gasteiger partial charge in [-0.05, 0) is 37.1 Å². The molecule has 0 bridgehead atoms. The van der Waals surface area contributed by atoms with E-state index in [9.17, 15) is 9.59 Å². The van der Waals surface area contributed by atoms with E-state index in [2.05, 4.69) is 5.32 Å². The van der Waals surface area contributed by atoms with Gasteiger partial charge in [-0.15, -0.1) is 0 Å². The summed E-state index contributed by atoms with van der Waals surface area (Å²) in [5.41, 5.74) is 3.01. The van der Waals surface area contributed by atoms with Gasteiger partial charge in [-0.2, -0.15) is 0 Å². The maximum atomic E-state index is 12.3. The lowest BCUT2D eigenvalue weighted by atomic mass is 10.1. The van der Waals surface area contributed by atoms with E-state index in [1.54, 1.807) is 17.0 Å². The minimum Gasteiger partial charge on any atom is -0.495 e. The van der Waals surface area contributed by atoms with Crippen LogP contribution in [0.25, 0.3) is 0 Å². The average Bonchev–Trinajstić information content (AvgIpc) is 2.60. The van der Waals surface area contributed by atoms with Gasteiger partial charge in [-0.1, -0.05) is 29.8 Å². The van der Waals surface area contributed by atoms with Crippen molar-refractivity contribution >= 4 is 29.1 Å². The molecular formula is C20H23ClN2O3. The van der Waals surface area contributed by atoms with Crippen LogP contribution in [-0.2, 0) is 4.79 Å². The second-order valence-electron chi connectivity index (χ2n) is 6.01. The van der Waals surface area contributed by atoms with Gasteiger partial charge in [0.1, 0.15) is 5.75 Å². The van der Waals surface area contributed by atoms with Crippen LogP contribution in [0.3, 0.4) is 0 Å². The summed E-state index contributed by atoms with van der Waals surface area (Å²) in [5.74, 6) is 0.210. The Hall–Kier alpha value is -2.53. The summed E-state index contributed by atoms with van der Waals surface area (Å²) >= 11 is 6.14. The normalized spacial score (nSPS) is 10.3. The number of nitrogens with one attached hydrogen (secondary N) is 1. The molecule has 0 heterocycles. The van der Waals surface area contributed by atoms with Crippen LogP contribution >= 0.6 is 11.6 Å². The fraction of sp³-hybridized carbons (Fsp3) is 0.300. The molecule has 2 rings (SSSR count). The molecule has 1 N–H and O–H groups in total. The molecule has 2 aromatic carbocycles. The largest absolute Gasteiger partial charge is 0.495 e. The highest BCUT2D eigenvalue weighted by atomic mass is 35.5. The molecule has 2 amide bonds. The quantitative estimate of drug-likeness (QED) is 0.837. The molecule has 0 atom stereocenters. The van der Waals surface area contributed by atoms with Gasteiger partial charge < -0.3 is 15.0 Å². The molecule has 0 fully saturated rings. The van der Waals surface area contributed by atoms with Crippen molar-refractivity contribution in [1.29, 1.82) is 0 Å². The molecule has 0 spiro atoms. The summed E-state index contributed by atoms with van der Waals surface area (Å²) in [6.45, 7) is 5.87. The second-order valence-corrected chi connectivity index (χ2v) is 6.42. The molecule has 138 valence electrons. The van der Waals surface area contributed by atoms with E-state index >= 15 is 0 Å². The molecule has 0 aliphatic rings. The van der Waals surface area contributed by atoms with Crippen molar-refractivity contribution in [1.82, 2.24) is 5.32 Å². The predicted octanol–water partition coefficient (Wildman–Crippen LogP) is 3.75. The van der Waals surface area contributed by atoms with Crippen molar-refractivity contribution in [3.8, 4) is 5.75 Å². The molecule has 0 saturated heterocycles. The first-order chi connectivity index (χ1) is 12.3. The zero-order valence-electron chi connectivity index (χ0n) is 15.4. The third-order valence-corrected chi connectivity index (χ3v) is 4.55. The minimum atomic E-state index is -0.161. The molecule has 2 aromatic rings. The van der Waals surface area contributed by atoms with Crippen molar-refractivity contribution in [3.05, 3.63) is 58.1 Å². The van der Waals surface area contributed by atoms with Crippen LogP contribution in [0.5, 0.6) is 5.75 Å². The lowest BCUT2D eigenvalue weighted by Gasteiger charge is -2.24. The summed E-state index contributed by atoms with van der Waals surface area (Å²) in [6, 6.07) is 10.9. The molecule has 6 heteroatoms. The lowest BCUT2D eigenvalue weighted by Crippen LogP contribution is -2.38. The summed E-state index contributed by atoms with van der Waals surface area (Å²) in [6.07, 6.45) is 0. The highest BCUT2D eigenvalue weighted by Gasteiger charge is 2.18. The third kappa shape index (κ3) is 4.55. The molecule has 26 heavy (non-hydrogen) atoms. The Morgan fingerprint density at radius 1 is 1.15 bits per heavy atom. The van der Waals surface area contributed by atoms with E-state index in [1.807, 2.05) is 38.1 Å². The Labute approximate surface area is 158 Å². The Balaban J connectivity index is 2.13. The van der Waals surface area contributed by atoms with Crippen LogP contribution in [0.2, 0.25) is 5.02 Å². The van der Waals surface area contributed by atoms with Crippen LogP contribution in [0.15, 0.2) is 36.4 Å². The topological polar surface area (TPSA) is 58.6 Å². The van der Waals surface area contributed by atoms with Crippen LogP contribution < -0.4 is 15.0 Å². The van der Waals surface area contributed by atoms with Crippen molar-refractivity contribution in [2.75, 3.05) is 25.1 Å². The van der Waals surface area contributed by atoms with E-state index < -0.39 is 0 Å². The van der Waals surface area contributed by atoms with Gasteiger partial charge >= 0.3 is 0 Å². The average molecular weight is 375 g/mol. The second kappa shape index (κ2) is 8.72. The van der Waals surface area contributed by atoms with Gasteiger partial charge in [-0.3, -0.25) is 9.59 Å². The van der Waals surface area contributed by atoms with E-state index in [4.69, 9.17) is 16.3 Å². The molecule has 0 aliphatic heterocycles. The fourth-order valence-electron chi connectivity index (χ4n) is 2.67. The number of halogens is 1. The van der Waals surface area contributed by atoms with Gasteiger partial charge in [-0.25, -0.2) is 0 Å². The van der Waals surface area contributed by atoms with Crippen molar-refractivity contribution in [2.45, 2.75) is 20.8 Å². The first kappa shape index (κ1) is 19.8. The van der Waals surface area contributed by atoms with Crippen LogP contribution in [0, 0.1) is 13.8 Å². The molecular weight excluding hydrogens is 352 g/mol. The third-order valence-electron chi connectivity index (χ3n) is 4.14. The van der Waals surface area contributed by atoms with Gasteiger partial charge in [0.25, 0.3) is 5.91 Å². The van der Waals surface area contributed by atoms with E-state index in [0.717, 1.165) is 11.1 Å². The number of carbonyl (C=O) groups is 2. The first-order valence-corrected chi connectivity index (χ1v) is 8.69. The van der Waals surface area contributed by atoms with Crippen LogP contribution in [0.4, 0.5) is 5.69 Å². The van der Waals surface area contributed by atoms with E-state index in [-0.39, 0.29) is 11.8 Å². The predicted molar refractivity (Wildman–Crippen MR) is 104 cm³/mol. The first-order valence-electron chi connectivity index (χ1n) is 8.31. The zero-order chi connectivity index (χ0) is 19.3. The maximum absolute atomic E-state index is 12.3. The molecule has 0 unspecified atom stereocenters. The molecule has 0 saturated carbocycles. The number of nitrogens with zero attached hydrogens (tertiary/aromatic N) is 1. The van der Waals surface area contributed by atoms with Crippen molar-refractivity contribution in [3.63, 3.8) is 0 Å². The fourth-order valence-corrected chi connectivity index (χ4v) is 2.83. The molecule has 0 aliphatic carbocycles. The molecule has 0 aromatic heterocycles. The number of hydrogen-bond donors (Lipinski definition) is 1. The van der Waals surface area contributed by atoms with Gasteiger partial charge in [0.15, 0.2) is 0 Å². The zero-order valence-corrected chi connectivity index (χ0v) is 16.2. The standard InChI is InChI=1S/C20H23ClN2O3/c1-13-7-5-6-8-16(13)20(25)22-9-10-23(15(3)24)18-11-14(2)17(21)12-19(18)26-4/h5-8,11-12H,9-10H2,1-4H3,(H,22,25). The Morgan fingerprint density at radius 3 is 2.46 bits per heavy atom. The maximum Gasteiger partial charge on any atom is 0.251 e. The molecule has 5 nitrogen and oxygen atoms in total. The van der Waals surface area contributed by atoms with E-state index in [0.29, 0.717) is 35.1 Å². The number of benzene rings is 2. The number of aryl methyl sites for hydroxylation is 2. The number of rotatable bonds is 6. The highest BCUT2D eigenvalue weighted by Crippen LogP contribution is 2.33. The smallest absolute Gasteiger partial charge is 0.251 e. The summed E-state index contributed by atoms with van der Waals surface area (Å²) < 4.78 is 5.36. The van der Waals surface area contributed by atoms with Crippen molar-refractivity contribution in [2.24, 2.45) is 0 Å². The van der Waals surface area contributed by atoms with Crippen molar-refractivity contribution < 1.29 is 14.3 Å². The Kier molecular flexibility index (Phi) is 6.64. The Morgan fingerprint density at radius 2 is 1.85 bits per heavy atom. The lowest BCUT2D eigenvalue weighted by molar-refractivity contribution is -0.116. The monoisotopic (exact) mass is 374 g/mol. The summed E-state index contributed by atoms with van der Waals surface area (Å²) in [5, 5.41) is 3.43. The Bertz CT molecular complexity index is 821. The summed E-state index contributed by atoms with van der Waals surface area (Å²) in [4.78, 5) is 26.0. The van der Waals surface area contributed by atoms with Gasteiger partial charge in [0.05, 0.1) is 12.8 Å². The minimum absolute atomic E-state index is 0.143. The number of methoxy groups -OCH3 is 1. The van der Waals surface area contributed by atoms with Gasteiger partial charge in [0, 0.05) is 36.7 Å². The SMILES string of the molecule is COc1cc(Cl)c(C)cc1N(CCNC(=O)c1ccccc1C)C(C)=O. The van der Waals surface area contributed by atoms with Crippen LogP contribution in [-0.4, -0.2) is 32.0 Å². The number of carbonyl (C=O) groups excluding carboxylic acids is 2. The number of hydrogen-bond acceptors (Lipinski definition) is 3.